The maximum atomic E-state index is 13.0. The van der Waals surface area contributed by atoms with Gasteiger partial charge in [-0.3, -0.25) is 14.4 Å². The molecule has 3 aromatic rings. The van der Waals surface area contributed by atoms with Crippen molar-refractivity contribution in [1.29, 1.82) is 0 Å². The molecule has 0 bridgehead atoms. The highest BCUT2D eigenvalue weighted by atomic mass is 35.5. The molecule has 0 aromatic heterocycles. The molecule has 1 heterocycles. The molecule has 4 rings (SSSR count). The standard InChI is InChI=1S/C25H18Cl3N3O3/c1-13-4-3-5-20(14(13)2)31-24(33)21(28)22(25(31)34)29-17-9-6-15(7-10-17)23(32)30-19-11-8-16(26)12-18(19)27/h3-12,29H,1-2H3,(H,30,32). The van der Waals surface area contributed by atoms with Crippen molar-refractivity contribution < 1.29 is 14.4 Å². The highest BCUT2D eigenvalue weighted by Crippen LogP contribution is 2.33. The summed E-state index contributed by atoms with van der Waals surface area (Å²) in [5.74, 6) is -1.53. The van der Waals surface area contributed by atoms with Gasteiger partial charge in [0.25, 0.3) is 17.7 Å². The van der Waals surface area contributed by atoms with Gasteiger partial charge in [0.2, 0.25) is 0 Å². The number of hydrogen-bond acceptors (Lipinski definition) is 4. The molecule has 3 amide bonds. The molecule has 0 saturated carbocycles. The van der Waals surface area contributed by atoms with Crippen LogP contribution in [0.3, 0.4) is 0 Å². The Morgan fingerprint density at radius 1 is 0.882 bits per heavy atom. The van der Waals surface area contributed by atoms with E-state index in [4.69, 9.17) is 34.8 Å². The third-order valence-electron chi connectivity index (χ3n) is 5.44. The second kappa shape index (κ2) is 9.50. The quantitative estimate of drug-likeness (QED) is 0.392. The first-order chi connectivity index (χ1) is 16.2. The van der Waals surface area contributed by atoms with Crippen molar-refractivity contribution in [3.05, 3.63) is 98.1 Å². The highest BCUT2D eigenvalue weighted by Gasteiger charge is 2.39. The van der Waals surface area contributed by atoms with Crippen molar-refractivity contribution in [1.82, 2.24) is 0 Å². The molecule has 0 radical (unpaired) electrons. The first-order valence-electron chi connectivity index (χ1n) is 10.2. The van der Waals surface area contributed by atoms with Crippen LogP contribution in [0.2, 0.25) is 10.0 Å². The molecule has 0 spiro atoms. The number of nitrogens with one attached hydrogen (secondary N) is 2. The minimum atomic E-state index is -0.598. The molecule has 6 nitrogen and oxygen atoms in total. The molecule has 0 saturated heterocycles. The van der Waals surface area contributed by atoms with E-state index in [1.54, 1.807) is 48.5 Å². The summed E-state index contributed by atoms with van der Waals surface area (Å²) in [5.41, 5.74) is 3.49. The van der Waals surface area contributed by atoms with Crippen molar-refractivity contribution in [2.45, 2.75) is 13.8 Å². The van der Waals surface area contributed by atoms with Gasteiger partial charge in [-0.25, -0.2) is 4.90 Å². The first kappa shape index (κ1) is 23.8. The van der Waals surface area contributed by atoms with E-state index in [1.165, 1.54) is 6.07 Å². The Morgan fingerprint density at radius 3 is 2.26 bits per heavy atom. The van der Waals surface area contributed by atoms with Crippen LogP contribution in [0.1, 0.15) is 21.5 Å². The Bertz CT molecular complexity index is 1370. The normalized spacial score (nSPS) is 13.5. The molecular weight excluding hydrogens is 497 g/mol. The zero-order chi connectivity index (χ0) is 24.6. The molecule has 0 unspecified atom stereocenters. The van der Waals surface area contributed by atoms with Gasteiger partial charge in [-0.1, -0.05) is 46.9 Å². The largest absolute Gasteiger partial charge is 0.350 e. The fraction of sp³-hybridized carbons (Fsp3) is 0.0800. The van der Waals surface area contributed by atoms with E-state index in [9.17, 15) is 14.4 Å². The van der Waals surface area contributed by atoms with E-state index >= 15 is 0 Å². The lowest BCUT2D eigenvalue weighted by Crippen LogP contribution is -2.33. The van der Waals surface area contributed by atoms with E-state index < -0.39 is 11.8 Å². The number of nitrogens with zero attached hydrogens (tertiary/aromatic N) is 1. The molecule has 9 heteroatoms. The average molecular weight is 515 g/mol. The fourth-order valence-corrected chi connectivity index (χ4v) is 4.11. The van der Waals surface area contributed by atoms with E-state index in [1.807, 2.05) is 19.9 Å². The number of carbonyl (C=O) groups is 3. The van der Waals surface area contributed by atoms with Crippen LogP contribution in [-0.2, 0) is 9.59 Å². The number of carbonyl (C=O) groups excluding carboxylic acids is 3. The lowest BCUT2D eigenvalue weighted by molar-refractivity contribution is -0.120. The zero-order valence-electron chi connectivity index (χ0n) is 18.1. The number of anilines is 3. The van der Waals surface area contributed by atoms with Gasteiger partial charge in [-0.15, -0.1) is 0 Å². The van der Waals surface area contributed by atoms with Crippen LogP contribution in [-0.4, -0.2) is 17.7 Å². The van der Waals surface area contributed by atoms with Crippen molar-refractivity contribution in [3.8, 4) is 0 Å². The van der Waals surface area contributed by atoms with Crippen molar-refractivity contribution >= 4 is 69.6 Å². The molecule has 34 heavy (non-hydrogen) atoms. The summed E-state index contributed by atoms with van der Waals surface area (Å²) in [6, 6.07) is 16.5. The number of benzene rings is 3. The van der Waals surface area contributed by atoms with E-state index in [0.717, 1.165) is 16.0 Å². The van der Waals surface area contributed by atoms with Gasteiger partial charge in [0.05, 0.1) is 16.4 Å². The predicted molar refractivity (Wildman–Crippen MR) is 136 cm³/mol. The van der Waals surface area contributed by atoms with Gasteiger partial charge in [0, 0.05) is 16.3 Å². The predicted octanol–water partition coefficient (Wildman–Crippen LogP) is 6.30. The third kappa shape index (κ3) is 4.53. The second-order valence-corrected chi connectivity index (χ2v) is 8.86. The van der Waals surface area contributed by atoms with Crippen LogP contribution < -0.4 is 15.5 Å². The molecule has 1 aliphatic rings. The summed E-state index contributed by atoms with van der Waals surface area (Å²) in [6.07, 6.45) is 0. The molecule has 3 aromatic carbocycles. The van der Waals surface area contributed by atoms with E-state index in [0.29, 0.717) is 32.7 Å². The van der Waals surface area contributed by atoms with E-state index in [2.05, 4.69) is 10.6 Å². The van der Waals surface area contributed by atoms with Gasteiger partial charge < -0.3 is 10.6 Å². The summed E-state index contributed by atoms with van der Waals surface area (Å²) in [6.45, 7) is 3.74. The van der Waals surface area contributed by atoms with E-state index in [-0.39, 0.29) is 16.6 Å². The molecular formula is C25H18Cl3N3O3. The van der Waals surface area contributed by atoms with Crippen LogP contribution in [0.25, 0.3) is 0 Å². The molecule has 0 fully saturated rings. The van der Waals surface area contributed by atoms with Crippen molar-refractivity contribution in [3.63, 3.8) is 0 Å². The summed E-state index contributed by atoms with van der Waals surface area (Å²) in [5, 5.41) is 6.19. The SMILES string of the molecule is Cc1cccc(N2C(=O)C(Cl)=C(Nc3ccc(C(=O)Nc4ccc(Cl)cc4Cl)cc3)C2=O)c1C. The number of aryl methyl sites for hydroxylation is 1. The van der Waals surface area contributed by atoms with Gasteiger partial charge in [0.15, 0.2) is 0 Å². The summed E-state index contributed by atoms with van der Waals surface area (Å²) in [7, 11) is 0. The monoisotopic (exact) mass is 513 g/mol. The second-order valence-electron chi connectivity index (χ2n) is 7.63. The highest BCUT2D eigenvalue weighted by molar-refractivity contribution is 6.53. The van der Waals surface area contributed by atoms with Gasteiger partial charge in [-0.2, -0.15) is 0 Å². The third-order valence-corrected chi connectivity index (χ3v) is 6.34. The van der Waals surface area contributed by atoms with Crippen LogP contribution in [0.5, 0.6) is 0 Å². The van der Waals surface area contributed by atoms with Crippen molar-refractivity contribution in [2.75, 3.05) is 15.5 Å². The average Bonchev–Trinajstić information content (AvgIpc) is 3.01. The maximum absolute atomic E-state index is 13.0. The summed E-state index contributed by atoms with van der Waals surface area (Å²) >= 11 is 18.2. The number of imide groups is 1. The summed E-state index contributed by atoms with van der Waals surface area (Å²) < 4.78 is 0. The Morgan fingerprint density at radius 2 is 1.59 bits per heavy atom. The van der Waals surface area contributed by atoms with Crippen LogP contribution >= 0.6 is 34.8 Å². The topological polar surface area (TPSA) is 78.5 Å². The zero-order valence-corrected chi connectivity index (χ0v) is 20.3. The van der Waals surface area contributed by atoms with Crippen LogP contribution in [0, 0.1) is 13.8 Å². The fourth-order valence-electron chi connectivity index (χ4n) is 3.44. The minimum absolute atomic E-state index is 0.0299. The lowest BCUT2D eigenvalue weighted by Gasteiger charge is -2.18. The van der Waals surface area contributed by atoms with Crippen LogP contribution in [0.15, 0.2) is 71.4 Å². The Labute approximate surface area is 211 Å². The van der Waals surface area contributed by atoms with Crippen LogP contribution in [0.4, 0.5) is 17.1 Å². The Hall–Kier alpha value is -3.32. The molecule has 1 aliphatic heterocycles. The minimum Gasteiger partial charge on any atom is -0.350 e. The number of rotatable bonds is 5. The van der Waals surface area contributed by atoms with Gasteiger partial charge in [0.1, 0.15) is 10.7 Å². The Balaban J connectivity index is 1.50. The first-order valence-corrected chi connectivity index (χ1v) is 11.3. The molecule has 172 valence electrons. The Kier molecular flexibility index (Phi) is 6.66. The smallest absolute Gasteiger partial charge is 0.283 e. The number of halogens is 3. The van der Waals surface area contributed by atoms with Crippen molar-refractivity contribution in [2.24, 2.45) is 0 Å². The molecule has 0 atom stereocenters. The van der Waals surface area contributed by atoms with Gasteiger partial charge in [-0.05, 0) is 73.5 Å². The number of hydrogen-bond donors (Lipinski definition) is 2. The number of amides is 3. The molecule has 0 aliphatic carbocycles. The maximum Gasteiger partial charge on any atom is 0.283 e. The lowest BCUT2D eigenvalue weighted by atomic mass is 10.1. The molecule has 2 N–H and O–H groups in total. The van der Waals surface area contributed by atoms with Gasteiger partial charge >= 0.3 is 0 Å². The summed E-state index contributed by atoms with van der Waals surface area (Å²) in [4.78, 5) is 39.4.